The fourth-order valence-electron chi connectivity index (χ4n) is 4.35. The van der Waals surface area contributed by atoms with Crippen molar-refractivity contribution in [2.45, 2.75) is 63.8 Å². The molecule has 0 bridgehead atoms. The van der Waals surface area contributed by atoms with E-state index in [1.165, 1.54) is 57.2 Å². The number of aryl methyl sites for hydroxylation is 1. The molecule has 1 N–H and O–H groups in total. The Balaban J connectivity index is 1.54. The zero-order valence-electron chi connectivity index (χ0n) is 14.5. The van der Waals surface area contributed by atoms with Crippen molar-refractivity contribution in [3.63, 3.8) is 0 Å². The maximum absolute atomic E-state index is 4.77. The normalized spacial score (nSPS) is 23.5. The van der Waals surface area contributed by atoms with Crippen LogP contribution < -0.4 is 0 Å². The van der Waals surface area contributed by atoms with E-state index in [-0.39, 0.29) is 0 Å². The van der Waals surface area contributed by atoms with E-state index in [0.29, 0.717) is 5.92 Å². The minimum Gasteiger partial charge on any atom is -0.343 e. The molecule has 2 aromatic heterocycles. The Morgan fingerprint density at radius 2 is 1.96 bits per heavy atom. The van der Waals surface area contributed by atoms with Crippen LogP contribution in [0.15, 0.2) is 18.5 Å². The molecular formula is C19H27N5. The van der Waals surface area contributed by atoms with Crippen molar-refractivity contribution in [3.05, 3.63) is 30.0 Å². The molecule has 2 aliphatic rings. The minimum atomic E-state index is 0.524. The number of nitrogens with one attached hydrogen (secondary N) is 1. The van der Waals surface area contributed by atoms with E-state index in [9.17, 15) is 0 Å². The second-order valence-corrected chi connectivity index (χ2v) is 7.29. The van der Waals surface area contributed by atoms with Crippen LogP contribution in [0.4, 0.5) is 0 Å². The van der Waals surface area contributed by atoms with Gasteiger partial charge in [0.25, 0.3) is 0 Å². The maximum Gasteiger partial charge on any atom is 0.156 e. The summed E-state index contributed by atoms with van der Waals surface area (Å²) in [5.74, 6) is 2.20. The molecule has 0 spiro atoms. The monoisotopic (exact) mass is 325 g/mol. The van der Waals surface area contributed by atoms with Crippen LogP contribution in [-0.2, 0) is 0 Å². The lowest BCUT2D eigenvalue weighted by Crippen LogP contribution is -2.43. The molecule has 1 saturated carbocycles. The molecule has 0 radical (unpaired) electrons. The number of H-pyrrole nitrogens is 1. The molecule has 0 aromatic carbocycles. The predicted octanol–water partition coefficient (Wildman–Crippen LogP) is 3.69. The standard InChI is InChI=1S/C19H27N5/c1-14-22-17(12-18(23-14)19-20-9-10-21-19)15-6-5-11-24(13-15)16-7-3-2-4-8-16/h9-10,12,15-16H,2-8,11,13H2,1H3,(H,20,21)/t15-/m1/s1. The van der Waals surface area contributed by atoms with Gasteiger partial charge in [0.1, 0.15) is 11.5 Å². The zero-order valence-corrected chi connectivity index (χ0v) is 14.5. The molecule has 2 aromatic rings. The average Bonchev–Trinajstić information content (AvgIpc) is 3.17. The van der Waals surface area contributed by atoms with Gasteiger partial charge >= 0.3 is 0 Å². The molecule has 0 amide bonds. The first-order chi connectivity index (χ1) is 11.8. The summed E-state index contributed by atoms with van der Waals surface area (Å²) >= 11 is 0. The second-order valence-electron chi connectivity index (χ2n) is 7.29. The number of piperidine rings is 1. The molecule has 24 heavy (non-hydrogen) atoms. The van der Waals surface area contributed by atoms with Crippen LogP contribution in [-0.4, -0.2) is 44.0 Å². The number of hydrogen-bond acceptors (Lipinski definition) is 4. The lowest BCUT2D eigenvalue weighted by molar-refractivity contribution is 0.118. The van der Waals surface area contributed by atoms with E-state index >= 15 is 0 Å². The molecule has 5 nitrogen and oxygen atoms in total. The summed E-state index contributed by atoms with van der Waals surface area (Å²) in [4.78, 5) is 19.6. The molecule has 2 fully saturated rings. The summed E-state index contributed by atoms with van der Waals surface area (Å²) in [6.45, 7) is 4.40. The molecular weight excluding hydrogens is 298 g/mol. The van der Waals surface area contributed by atoms with E-state index in [1.807, 2.05) is 13.1 Å². The fourth-order valence-corrected chi connectivity index (χ4v) is 4.35. The average molecular weight is 325 g/mol. The van der Waals surface area contributed by atoms with Crippen LogP contribution in [0.2, 0.25) is 0 Å². The molecule has 3 heterocycles. The third-order valence-corrected chi connectivity index (χ3v) is 5.56. The van der Waals surface area contributed by atoms with Crippen LogP contribution in [0.5, 0.6) is 0 Å². The van der Waals surface area contributed by atoms with Gasteiger partial charge < -0.3 is 4.98 Å². The Bertz CT molecular complexity index is 660. The van der Waals surface area contributed by atoms with Crippen LogP contribution in [0.25, 0.3) is 11.5 Å². The highest BCUT2D eigenvalue weighted by atomic mass is 15.2. The highest BCUT2D eigenvalue weighted by molar-refractivity contribution is 5.49. The topological polar surface area (TPSA) is 57.7 Å². The Hall–Kier alpha value is -1.75. The van der Waals surface area contributed by atoms with Crippen molar-refractivity contribution < 1.29 is 0 Å². The van der Waals surface area contributed by atoms with Gasteiger partial charge in [-0.2, -0.15) is 0 Å². The third kappa shape index (κ3) is 3.36. The fraction of sp³-hybridized carbons (Fsp3) is 0.632. The van der Waals surface area contributed by atoms with Gasteiger partial charge in [0.2, 0.25) is 0 Å². The van der Waals surface area contributed by atoms with Crippen LogP contribution in [0, 0.1) is 6.92 Å². The Morgan fingerprint density at radius 3 is 2.75 bits per heavy atom. The number of imidazole rings is 1. The Morgan fingerprint density at radius 1 is 1.08 bits per heavy atom. The summed E-state index contributed by atoms with van der Waals surface area (Å²) < 4.78 is 0. The lowest BCUT2D eigenvalue weighted by atomic mass is 9.89. The highest BCUT2D eigenvalue weighted by Crippen LogP contribution is 2.32. The van der Waals surface area contributed by atoms with Crippen molar-refractivity contribution in [2.75, 3.05) is 13.1 Å². The molecule has 1 aliphatic heterocycles. The van der Waals surface area contributed by atoms with Crippen molar-refractivity contribution in [1.82, 2.24) is 24.8 Å². The van der Waals surface area contributed by atoms with E-state index in [2.05, 4.69) is 25.9 Å². The van der Waals surface area contributed by atoms with Gasteiger partial charge in [-0.25, -0.2) is 15.0 Å². The van der Waals surface area contributed by atoms with Crippen molar-refractivity contribution in [3.8, 4) is 11.5 Å². The van der Waals surface area contributed by atoms with Crippen LogP contribution in [0.3, 0.4) is 0 Å². The maximum atomic E-state index is 4.77. The van der Waals surface area contributed by atoms with E-state index in [1.54, 1.807) is 6.20 Å². The Labute approximate surface area is 143 Å². The molecule has 1 saturated heterocycles. The summed E-state index contributed by atoms with van der Waals surface area (Å²) in [5.41, 5.74) is 2.10. The van der Waals surface area contributed by atoms with Gasteiger partial charge in [-0.1, -0.05) is 19.3 Å². The number of likely N-dealkylation sites (tertiary alicyclic amines) is 1. The van der Waals surface area contributed by atoms with Crippen LogP contribution >= 0.6 is 0 Å². The first kappa shape index (κ1) is 15.8. The first-order valence-corrected chi connectivity index (χ1v) is 9.39. The summed E-state index contributed by atoms with van der Waals surface area (Å²) in [5, 5.41) is 0. The van der Waals surface area contributed by atoms with Gasteiger partial charge in [-0.15, -0.1) is 0 Å². The van der Waals surface area contributed by atoms with E-state index < -0.39 is 0 Å². The van der Waals surface area contributed by atoms with Gasteiger partial charge in [0, 0.05) is 36.6 Å². The van der Waals surface area contributed by atoms with Crippen molar-refractivity contribution in [1.29, 1.82) is 0 Å². The molecule has 4 rings (SSSR count). The smallest absolute Gasteiger partial charge is 0.156 e. The van der Waals surface area contributed by atoms with E-state index in [0.717, 1.165) is 29.9 Å². The number of aromatic amines is 1. The highest BCUT2D eigenvalue weighted by Gasteiger charge is 2.28. The lowest BCUT2D eigenvalue weighted by Gasteiger charge is -2.40. The van der Waals surface area contributed by atoms with Gasteiger partial charge in [-0.3, -0.25) is 4.90 Å². The number of rotatable bonds is 3. The van der Waals surface area contributed by atoms with Gasteiger partial charge in [-0.05, 0) is 45.2 Å². The van der Waals surface area contributed by atoms with Gasteiger partial charge in [0.15, 0.2) is 5.82 Å². The zero-order chi connectivity index (χ0) is 16.4. The summed E-state index contributed by atoms with van der Waals surface area (Å²) in [6.07, 6.45) is 13.1. The molecule has 0 unspecified atom stereocenters. The van der Waals surface area contributed by atoms with E-state index in [4.69, 9.17) is 4.98 Å². The molecule has 128 valence electrons. The summed E-state index contributed by atoms with van der Waals surface area (Å²) in [7, 11) is 0. The molecule has 1 atom stereocenters. The minimum absolute atomic E-state index is 0.524. The summed E-state index contributed by atoms with van der Waals surface area (Å²) in [6, 6.07) is 2.94. The predicted molar refractivity (Wildman–Crippen MR) is 94.8 cm³/mol. The number of hydrogen-bond donors (Lipinski definition) is 1. The van der Waals surface area contributed by atoms with Crippen molar-refractivity contribution >= 4 is 0 Å². The molecule has 5 heteroatoms. The Kier molecular flexibility index (Phi) is 4.60. The van der Waals surface area contributed by atoms with Gasteiger partial charge in [0.05, 0.1) is 0 Å². The van der Waals surface area contributed by atoms with Crippen molar-refractivity contribution in [2.24, 2.45) is 0 Å². The first-order valence-electron chi connectivity index (χ1n) is 9.39. The third-order valence-electron chi connectivity index (χ3n) is 5.56. The SMILES string of the molecule is Cc1nc(-c2ncc[nH]2)cc([C@@H]2CCCN(C3CCCCC3)C2)n1. The molecule has 1 aliphatic carbocycles. The second kappa shape index (κ2) is 7.01. The number of aromatic nitrogens is 4. The van der Waals surface area contributed by atoms with Crippen LogP contribution in [0.1, 0.15) is 62.4 Å². The largest absolute Gasteiger partial charge is 0.343 e. The number of nitrogens with zero attached hydrogens (tertiary/aromatic N) is 4. The quantitative estimate of drug-likeness (QED) is 0.935.